The summed E-state index contributed by atoms with van der Waals surface area (Å²) in [4.78, 5) is 38.3. The highest BCUT2D eigenvalue weighted by molar-refractivity contribution is 8.03. The van der Waals surface area contributed by atoms with Crippen molar-refractivity contribution >= 4 is 53.3 Å². The van der Waals surface area contributed by atoms with Gasteiger partial charge in [0.1, 0.15) is 0 Å². The van der Waals surface area contributed by atoms with E-state index in [4.69, 9.17) is 32.7 Å². The van der Waals surface area contributed by atoms with Crippen LogP contribution in [0.2, 0.25) is 10.0 Å². The van der Waals surface area contributed by atoms with Crippen LogP contribution in [-0.2, 0) is 23.9 Å². The average Bonchev–Trinajstić information content (AvgIpc) is 2.75. The topological polar surface area (TPSA) is 84.9 Å². The van der Waals surface area contributed by atoms with Gasteiger partial charge in [-0.3, -0.25) is 4.79 Å². The minimum Gasteiger partial charge on any atom is -0.466 e. The Balaban J connectivity index is 2.77. The number of amides is 1. The Morgan fingerprint density at radius 3 is 2.58 bits per heavy atom. The van der Waals surface area contributed by atoms with Crippen molar-refractivity contribution in [2.45, 2.75) is 19.8 Å². The maximum Gasteiger partial charge on any atom is 0.337 e. The second-order valence-electron chi connectivity index (χ2n) is 6.49. The monoisotopic (exact) mass is 486 g/mol. The Morgan fingerprint density at radius 2 is 1.97 bits per heavy atom. The minimum absolute atomic E-state index is 0.156. The number of halogens is 2. The van der Waals surface area contributed by atoms with Gasteiger partial charge in [0.25, 0.3) is 0 Å². The van der Waals surface area contributed by atoms with Crippen molar-refractivity contribution in [2.75, 3.05) is 33.1 Å². The molecule has 0 saturated carbocycles. The minimum atomic E-state index is -0.838. The molecule has 0 fully saturated rings. The molecule has 0 radical (unpaired) electrons. The SMILES string of the molecule is CCOC(=O)C1=C(SCCNC=O)N(C)C(C)=C(C(=O)OC)C1c1cccc(Cl)c1Cl. The van der Waals surface area contributed by atoms with Crippen molar-refractivity contribution in [1.29, 1.82) is 0 Å². The Labute approximate surface area is 195 Å². The number of hydrogen-bond acceptors (Lipinski definition) is 7. The molecule has 0 aromatic heterocycles. The Kier molecular flexibility index (Phi) is 9.28. The van der Waals surface area contributed by atoms with E-state index in [9.17, 15) is 14.4 Å². The molecule has 1 aliphatic rings. The Bertz CT molecular complexity index is 932. The maximum absolute atomic E-state index is 13.1. The van der Waals surface area contributed by atoms with Crippen molar-refractivity contribution < 1.29 is 23.9 Å². The molecule has 168 valence electrons. The van der Waals surface area contributed by atoms with Gasteiger partial charge in [-0.15, -0.1) is 11.8 Å². The molecule has 0 aliphatic carbocycles. The van der Waals surface area contributed by atoms with E-state index in [0.717, 1.165) is 0 Å². The van der Waals surface area contributed by atoms with Gasteiger partial charge >= 0.3 is 11.9 Å². The summed E-state index contributed by atoms with van der Waals surface area (Å²) in [6.07, 6.45) is 0.612. The maximum atomic E-state index is 13.1. The summed E-state index contributed by atoms with van der Waals surface area (Å²) in [5.41, 5.74) is 1.63. The summed E-state index contributed by atoms with van der Waals surface area (Å²) >= 11 is 14.1. The molecule has 1 N–H and O–H groups in total. The van der Waals surface area contributed by atoms with Crippen LogP contribution in [0.3, 0.4) is 0 Å². The second-order valence-corrected chi connectivity index (χ2v) is 8.35. The van der Waals surface area contributed by atoms with Gasteiger partial charge in [0.05, 0.1) is 45.9 Å². The largest absolute Gasteiger partial charge is 0.466 e. The lowest BCUT2D eigenvalue weighted by atomic mass is 9.81. The van der Waals surface area contributed by atoms with Crippen LogP contribution >= 0.6 is 35.0 Å². The molecule has 10 heteroatoms. The van der Waals surface area contributed by atoms with Crippen molar-refractivity contribution in [3.8, 4) is 0 Å². The molecule has 0 spiro atoms. The number of thioether (sulfide) groups is 1. The Morgan fingerprint density at radius 1 is 1.26 bits per heavy atom. The van der Waals surface area contributed by atoms with Crippen LogP contribution < -0.4 is 5.32 Å². The van der Waals surface area contributed by atoms with Crippen molar-refractivity contribution in [1.82, 2.24) is 10.2 Å². The van der Waals surface area contributed by atoms with Gasteiger partial charge in [-0.05, 0) is 25.5 Å². The lowest BCUT2D eigenvalue weighted by molar-refractivity contribution is -0.139. The van der Waals surface area contributed by atoms with E-state index in [1.807, 2.05) is 0 Å². The first-order valence-corrected chi connectivity index (χ1v) is 11.2. The van der Waals surface area contributed by atoms with Gasteiger partial charge in [-0.1, -0.05) is 35.3 Å². The van der Waals surface area contributed by atoms with Crippen LogP contribution in [0.4, 0.5) is 0 Å². The smallest absolute Gasteiger partial charge is 0.337 e. The molecule has 1 amide bonds. The van der Waals surface area contributed by atoms with Crippen LogP contribution in [0.15, 0.2) is 40.1 Å². The van der Waals surface area contributed by atoms with Gasteiger partial charge in [0.2, 0.25) is 6.41 Å². The summed E-state index contributed by atoms with van der Waals surface area (Å²) in [6.45, 7) is 4.03. The van der Waals surface area contributed by atoms with E-state index in [2.05, 4.69) is 5.32 Å². The van der Waals surface area contributed by atoms with Crippen molar-refractivity contribution in [2.24, 2.45) is 0 Å². The number of carbonyl (C=O) groups is 3. The molecule has 1 aromatic carbocycles. The fraction of sp³-hybridized carbons (Fsp3) is 0.381. The second kappa shape index (κ2) is 11.5. The van der Waals surface area contributed by atoms with Gasteiger partial charge in [-0.25, -0.2) is 9.59 Å². The lowest BCUT2D eigenvalue weighted by Gasteiger charge is -2.36. The van der Waals surface area contributed by atoms with E-state index in [-0.39, 0.29) is 22.8 Å². The lowest BCUT2D eigenvalue weighted by Crippen LogP contribution is -2.34. The fourth-order valence-electron chi connectivity index (χ4n) is 3.27. The predicted molar refractivity (Wildman–Crippen MR) is 122 cm³/mol. The molecule has 1 aromatic rings. The van der Waals surface area contributed by atoms with E-state index in [1.54, 1.807) is 44.0 Å². The van der Waals surface area contributed by atoms with E-state index in [1.165, 1.54) is 18.9 Å². The van der Waals surface area contributed by atoms with Crippen LogP contribution in [0, 0.1) is 0 Å². The molecule has 1 aliphatic heterocycles. The third kappa shape index (κ3) is 5.37. The molecule has 2 rings (SSSR count). The first-order valence-electron chi connectivity index (χ1n) is 9.47. The number of nitrogens with zero attached hydrogens (tertiary/aromatic N) is 1. The molecular formula is C21H24Cl2N2O5S. The van der Waals surface area contributed by atoms with Gasteiger partial charge in [0.15, 0.2) is 0 Å². The molecule has 0 saturated heterocycles. The normalized spacial score (nSPS) is 16.3. The quantitative estimate of drug-likeness (QED) is 0.323. The van der Waals surface area contributed by atoms with Gasteiger partial charge in [-0.2, -0.15) is 0 Å². The highest BCUT2D eigenvalue weighted by atomic mass is 35.5. The van der Waals surface area contributed by atoms with Crippen molar-refractivity contribution in [3.05, 3.63) is 55.7 Å². The molecular weight excluding hydrogens is 463 g/mol. The van der Waals surface area contributed by atoms with E-state index in [0.29, 0.717) is 40.0 Å². The number of hydrogen-bond donors (Lipinski definition) is 1. The number of esters is 2. The molecule has 1 heterocycles. The summed E-state index contributed by atoms with van der Waals surface area (Å²) in [7, 11) is 3.03. The first-order chi connectivity index (χ1) is 14.8. The zero-order valence-electron chi connectivity index (χ0n) is 17.7. The standard InChI is InChI=1S/C21H24Cl2N2O5S/c1-5-30-21(28)17-16(13-7-6-8-14(22)18(13)23)15(20(27)29-4)12(2)25(3)19(17)31-10-9-24-11-26/h6-8,11,16H,5,9-10H2,1-4H3,(H,24,26). The highest BCUT2D eigenvalue weighted by Crippen LogP contribution is 2.47. The number of benzene rings is 1. The molecule has 31 heavy (non-hydrogen) atoms. The molecule has 7 nitrogen and oxygen atoms in total. The number of rotatable bonds is 9. The zero-order valence-corrected chi connectivity index (χ0v) is 20.0. The first kappa shape index (κ1) is 25.1. The Hall–Kier alpha value is -2.16. The number of nitrogens with one attached hydrogen (secondary N) is 1. The van der Waals surface area contributed by atoms with Crippen molar-refractivity contribution in [3.63, 3.8) is 0 Å². The summed E-state index contributed by atoms with van der Waals surface area (Å²) in [5.74, 6) is -1.50. The van der Waals surface area contributed by atoms with Crippen LogP contribution in [0.5, 0.6) is 0 Å². The average molecular weight is 487 g/mol. The van der Waals surface area contributed by atoms with E-state index >= 15 is 0 Å². The third-order valence-electron chi connectivity index (χ3n) is 4.77. The van der Waals surface area contributed by atoms with Crippen LogP contribution in [-0.4, -0.2) is 56.3 Å². The third-order valence-corrected chi connectivity index (χ3v) is 6.78. The number of methoxy groups -OCH3 is 1. The molecule has 1 unspecified atom stereocenters. The molecule has 0 bridgehead atoms. The van der Waals surface area contributed by atoms with Gasteiger partial charge < -0.3 is 19.7 Å². The summed E-state index contributed by atoms with van der Waals surface area (Å²) in [6, 6.07) is 5.05. The molecule has 1 atom stereocenters. The van der Waals surface area contributed by atoms with Gasteiger partial charge in [0, 0.05) is 25.0 Å². The summed E-state index contributed by atoms with van der Waals surface area (Å²) in [5, 5.41) is 3.73. The fourth-order valence-corrected chi connectivity index (χ4v) is 4.79. The van der Waals surface area contributed by atoms with Crippen LogP contribution in [0.1, 0.15) is 25.3 Å². The zero-order chi connectivity index (χ0) is 23.1. The highest BCUT2D eigenvalue weighted by Gasteiger charge is 2.42. The number of ether oxygens (including phenoxy) is 2. The van der Waals surface area contributed by atoms with E-state index < -0.39 is 17.9 Å². The summed E-state index contributed by atoms with van der Waals surface area (Å²) < 4.78 is 10.4. The predicted octanol–water partition coefficient (Wildman–Crippen LogP) is 3.72. The van der Waals surface area contributed by atoms with Crippen LogP contribution in [0.25, 0.3) is 0 Å². The number of allylic oxidation sites excluding steroid dienone is 1. The number of carbonyl (C=O) groups excluding carboxylic acids is 3.